The highest BCUT2D eigenvalue weighted by Gasteiger charge is 2.31. The zero-order valence-corrected chi connectivity index (χ0v) is 18.9. The van der Waals surface area contributed by atoms with Crippen molar-refractivity contribution in [3.63, 3.8) is 0 Å². The summed E-state index contributed by atoms with van der Waals surface area (Å²) in [5, 5.41) is 26.3. The lowest BCUT2D eigenvalue weighted by Gasteiger charge is -2.26. The molecule has 0 radical (unpaired) electrons. The molecule has 5 unspecified atom stereocenters. The number of unbranched alkanes of at least 4 members (excludes halogenated alkanes) is 1. The number of carboxylic acids is 1. The van der Waals surface area contributed by atoms with Crippen LogP contribution in [0.1, 0.15) is 53.4 Å². The molecule has 0 aliphatic rings. The molecule has 3 amide bonds. The van der Waals surface area contributed by atoms with E-state index in [1.807, 2.05) is 6.92 Å². The Morgan fingerprint density at radius 1 is 0.903 bits per heavy atom. The predicted molar refractivity (Wildman–Crippen MR) is 116 cm³/mol. The minimum absolute atomic E-state index is 0.175. The van der Waals surface area contributed by atoms with E-state index in [0.717, 1.165) is 0 Å². The van der Waals surface area contributed by atoms with Gasteiger partial charge >= 0.3 is 5.97 Å². The van der Waals surface area contributed by atoms with Crippen LogP contribution < -0.4 is 27.4 Å². The Morgan fingerprint density at radius 3 is 1.90 bits per heavy atom. The second kappa shape index (κ2) is 14.7. The summed E-state index contributed by atoms with van der Waals surface area (Å²) >= 11 is 0. The first-order valence-corrected chi connectivity index (χ1v) is 10.7. The molecular weight excluding hydrogens is 406 g/mol. The molecule has 0 aliphatic heterocycles. The Hall–Kier alpha value is -2.24. The highest BCUT2D eigenvalue weighted by molar-refractivity contribution is 5.94. The van der Waals surface area contributed by atoms with E-state index in [1.165, 1.54) is 0 Å². The van der Waals surface area contributed by atoms with Gasteiger partial charge in [0, 0.05) is 0 Å². The summed E-state index contributed by atoms with van der Waals surface area (Å²) in [6, 6.07) is -4.32. The maximum absolute atomic E-state index is 12.7. The van der Waals surface area contributed by atoms with Gasteiger partial charge in [0.05, 0.1) is 12.6 Å². The first-order valence-electron chi connectivity index (χ1n) is 10.7. The second-order valence-corrected chi connectivity index (χ2v) is 8.07. The average molecular weight is 446 g/mol. The van der Waals surface area contributed by atoms with Gasteiger partial charge in [-0.2, -0.15) is 0 Å². The Balaban J connectivity index is 5.33. The van der Waals surface area contributed by atoms with Gasteiger partial charge in [-0.05, 0) is 37.6 Å². The third kappa shape index (κ3) is 10.1. The largest absolute Gasteiger partial charge is 0.480 e. The highest BCUT2D eigenvalue weighted by Crippen LogP contribution is 2.10. The minimum Gasteiger partial charge on any atom is -0.480 e. The van der Waals surface area contributed by atoms with Crippen molar-refractivity contribution < 1.29 is 29.4 Å². The minimum atomic E-state index is -1.30. The molecule has 11 nitrogen and oxygen atoms in total. The molecule has 0 aromatic heterocycles. The third-order valence-electron chi connectivity index (χ3n) is 5.19. The first kappa shape index (κ1) is 28.8. The number of nitrogens with one attached hydrogen (secondary N) is 3. The van der Waals surface area contributed by atoms with Crippen molar-refractivity contribution in [2.24, 2.45) is 23.3 Å². The summed E-state index contributed by atoms with van der Waals surface area (Å²) < 4.78 is 0. The SMILES string of the molecule is CCC(C)C(NC(=O)C(CCCCN)NC(=O)C(CO)NC(=O)C(N)C(C)C)C(=O)O. The fraction of sp³-hybridized carbons (Fsp3) is 0.800. The molecule has 0 aromatic carbocycles. The van der Waals surface area contributed by atoms with Crippen LogP contribution in [0.25, 0.3) is 0 Å². The second-order valence-electron chi connectivity index (χ2n) is 8.07. The van der Waals surface area contributed by atoms with Gasteiger partial charge in [-0.3, -0.25) is 14.4 Å². The van der Waals surface area contributed by atoms with Gasteiger partial charge in [0.2, 0.25) is 17.7 Å². The van der Waals surface area contributed by atoms with E-state index >= 15 is 0 Å². The van der Waals surface area contributed by atoms with E-state index in [4.69, 9.17) is 11.5 Å². The molecule has 9 N–H and O–H groups in total. The Kier molecular flexibility index (Phi) is 13.6. The Morgan fingerprint density at radius 2 is 1.45 bits per heavy atom. The lowest BCUT2D eigenvalue weighted by Crippen LogP contribution is -2.58. The Bertz CT molecular complexity index is 601. The van der Waals surface area contributed by atoms with E-state index in [-0.39, 0.29) is 18.3 Å². The van der Waals surface area contributed by atoms with Crippen molar-refractivity contribution in [3.8, 4) is 0 Å². The summed E-state index contributed by atoms with van der Waals surface area (Å²) in [6.45, 7) is 6.71. The van der Waals surface area contributed by atoms with Crippen LogP contribution in [0.15, 0.2) is 0 Å². The van der Waals surface area contributed by atoms with Crippen LogP contribution in [0, 0.1) is 11.8 Å². The summed E-state index contributed by atoms with van der Waals surface area (Å²) in [5.74, 6) is -3.68. The number of amides is 3. The van der Waals surface area contributed by atoms with Gasteiger partial charge in [-0.1, -0.05) is 34.1 Å². The lowest BCUT2D eigenvalue weighted by molar-refractivity contribution is -0.144. The van der Waals surface area contributed by atoms with Crippen molar-refractivity contribution in [2.45, 2.75) is 77.5 Å². The number of carbonyl (C=O) groups excluding carboxylic acids is 3. The normalized spacial score (nSPS) is 16.0. The van der Waals surface area contributed by atoms with Gasteiger partial charge in [0.1, 0.15) is 18.1 Å². The quantitative estimate of drug-likeness (QED) is 0.150. The summed E-state index contributed by atoms with van der Waals surface area (Å²) in [7, 11) is 0. The van der Waals surface area contributed by atoms with Crippen LogP contribution in [0.4, 0.5) is 0 Å². The predicted octanol–water partition coefficient (Wildman–Crippen LogP) is -1.32. The van der Waals surface area contributed by atoms with Gasteiger partial charge in [-0.25, -0.2) is 4.79 Å². The molecule has 0 spiro atoms. The van der Waals surface area contributed by atoms with Crippen molar-refractivity contribution >= 4 is 23.7 Å². The van der Waals surface area contributed by atoms with E-state index in [9.17, 15) is 29.4 Å². The molecule has 31 heavy (non-hydrogen) atoms. The number of hydrogen-bond donors (Lipinski definition) is 7. The Labute approximate surface area is 183 Å². The van der Waals surface area contributed by atoms with Gasteiger partial charge in [-0.15, -0.1) is 0 Å². The monoisotopic (exact) mass is 445 g/mol. The van der Waals surface area contributed by atoms with Gasteiger partial charge in [0.25, 0.3) is 0 Å². The number of carboxylic acid groups (broad SMARTS) is 1. The van der Waals surface area contributed by atoms with Crippen LogP contribution in [-0.4, -0.2) is 71.2 Å². The molecule has 0 heterocycles. The molecule has 0 saturated carbocycles. The number of aliphatic hydroxyl groups is 1. The number of rotatable bonds is 15. The van der Waals surface area contributed by atoms with Crippen molar-refractivity contribution in [3.05, 3.63) is 0 Å². The number of aliphatic hydroxyl groups excluding tert-OH is 1. The van der Waals surface area contributed by atoms with Crippen molar-refractivity contribution in [1.82, 2.24) is 16.0 Å². The van der Waals surface area contributed by atoms with E-state index < -0.39 is 54.5 Å². The maximum Gasteiger partial charge on any atom is 0.326 e. The first-order chi connectivity index (χ1) is 14.5. The molecule has 0 bridgehead atoms. The fourth-order valence-electron chi connectivity index (χ4n) is 2.74. The molecule has 5 atom stereocenters. The highest BCUT2D eigenvalue weighted by atomic mass is 16.4. The topological polar surface area (TPSA) is 197 Å². The number of aliphatic carboxylic acids is 1. The van der Waals surface area contributed by atoms with Crippen molar-refractivity contribution in [2.75, 3.05) is 13.2 Å². The number of nitrogens with two attached hydrogens (primary N) is 2. The lowest BCUT2D eigenvalue weighted by atomic mass is 9.98. The van der Waals surface area contributed by atoms with Crippen molar-refractivity contribution in [1.29, 1.82) is 0 Å². The summed E-state index contributed by atoms with van der Waals surface area (Å²) in [6.07, 6.45) is 1.89. The molecule has 0 rings (SSSR count). The van der Waals surface area contributed by atoms with Crippen LogP contribution >= 0.6 is 0 Å². The molecule has 0 saturated heterocycles. The van der Waals surface area contributed by atoms with Crippen LogP contribution in [0.3, 0.4) is 0 Å². The molecule has 0 aliphatic carbocycles. The summed E-state index contributed by atoms with van der Waals surface area (Å²) in [5.41, 5.74) is 11.3. The van der Waals surface area contributed by atoms with Gasteiger partial charge < -0.3 is 37.6 Å². The molecule has 0 fully saturated rings. The zero-order chi connectivity index (χ0) is 24.1. The zero-order valence-electron chi connectivity index (χ0n) is 18.9. The molecule has 0 aromatic rings. The van der Waals surface area contributed by atoms with Crippen LogP contribution in [0.5, 0.6) is 0 Å². The molecular formula is C20H39N5O6. The van der Waals surface area contributed by atoms with Crippen LogP contribution in [0.2, 0.25) is 0 Å². The van der Waals surface area contributed by atoms with Gasteiger partial charge in [0.15, 0.2) is 0 Å². The molecule has 11 heteroatoms. The number of carbonyl (C=O) groups is 4. The van der Waals surface area contributed by atoms with E-state index in [0.29, 0.717) is 25.8 Å². The average Bonchev–Trinajstić information content (AvgIpc) is 2.72. The third-order valence-corrected chi connectivity index (χ3v) is 5.19. The maximum atomic E-state index is 12.7. The van der Waals surface area contributed by atoms with E-state index in [2.05, 4.69) is 16.0 Å². The summed E-state index contributed by atoms with van der Waals surface area (Å²) in [4.78, 5) is 49.0. The smallest absolute Gasteiger partial charge is 0.326 e. The standard InChI is InChI=1S/C20H39N5O6/c1-5-12(4)16(20(30)31)25-17(27)13(8-6-7-9-21)23-18(28)14(10-26)24-19(29)15(22)11(2)3/h11-16,26H,5-10,21-22H2,1-4H3,(H,23,28)(H,24,29)(H,25,27)(H,30,31). The number of hydrogen-bond acceptors (Lipinski definition) is 7. The molecule has 180 valence electrons. The fourth-order valence-corrected chi connectivity index (χ4v) is 2.74. The van der Waals surface area contributed by atoms with Crippen LogP contribution in [-0.2, 0) is 19.2 Å². The van der Waals surface area contributed by atoms with E-state index in [1.54, 1.807) is 20.8 Å².